The van der Waals surface area contributed by atoms with Crippen LogP contribution in [0, 0.1) is 0 Å². The molecule has 0 aromatic heterocycles. The zero-order valence-electron chi connectivity index (χ0n) is 14.7. The molecule has 1 aromatic carbocycles. The molecule has 1 saturated heterocycles. The fourth-order valence-corrected chi connectivity index (χ4v) is 5.45. The van der Waals surface area contributed by atoms with Crippen molar-refractivity contribution in [1.82, 2.24) is 4.90 Å². The first kappa shape index (κ1) is 14.4. The van der Waals surface area contributed by atoms with Gasteiger partial charge in [-0.1, -0.05) is 6.07 Å². The smallest absolute Gasteiger partial charge is 0.167 e. The Labute approximate surface area is 142 Å². The minimum Gasteiger partial charge on any atom is -0.497 e. The number of hydrogen-bond donors (Lipinski definition) is 0. The second kappa shape index (κ2) is 4.37. The molecule has 0 N–H and O–H groups in total. The second-order valence-corrected chi connectivity index (χ2v) is 7.55. The Morgan fingerprint density at radius 3 is 2.83 bits per heavy atom. The van der Waals surface area contributed by atoms with Crippen LogP contribution in [-0.4, -0.2) is 44.4 Å². The Hall–Kier alpha value is -1.94. The van der Waals surface area contributed by atoms with E-state index < -0.39 is 5.60 Å². The monoisotopic (exact) mass is 325 g/mol. The van der Waals surface area contributed by atoms with E-state index in [2.05, 4.69) is 43.2 Å². The number of likely N-dealkylation sites (tertiary alicyclic amines) is 1. The van der Waals surface area contributed by atoms with E-state index in [4.69, 9.17) is 14.2 Å². The first-order valence-corrected chi connectivity index (χ1v) is 8.62. The maximum atomic E-state index is 6.61. The number of methoxy groups -OCH3 is 2. The van der Waals surface area contributed by atoms with Gasteiger partial charge in [-0.05, 0) is 56.6 Å². The molecule has 1 aromatic rings. The van der Waals surface area contributed by atoms with Gasteiger partial charge in [0, 0.05) is 17.7 Å². The Balaban J connectivity index is 1.87. The zero-order valence-corrected chi connectivity index (χ0v) is 14.7. The number of benzene rings is 1. The first-order chi connectivity index (χ1) is 11.5. The van der Waals surface area contributed by atoms with Gasteiger partial charge in [0.05, 0.1) is 19.6 Å². The van der Waals surface area contributed by atoms with Gasteiger partial charge in [0.1, 0.15) is 11.4 Å². The van der Waals surface area contributed by atoms with Crippen LogP contribution in [0.2, 0.25) is 0 Å². The molecular formula is C20H23NO3. The maximum absolute atomic E-state index is 6.61. The van der Waals surface area contributed by atoms with Gasteiger partial charge in [0.2, 0.25) is 0 Å². The van der Waals surface area contributed by atoms with E-state index in [-0.39, 0.29) is 5.41 Å². The van der Waals surface area contributed by atoms with Crippen LogP contribution < -0.4 is 9.47 Å². The molecular weight excluding hydrogens is 302 g/mol. The maximum Gasteiger partial charge on any atom is 0.167 e. The zero-order chi connectivity index (χ0) is 16.7. The molecule has 4 heteroatoms. The van der Waals surface area contributed by atoms with Crippen LogP contribution in [0.3, 0.4) is 0 Å². The van der Waals surface area contributed by atoms with E-state index in [1.165, 1.54) is 16.7 Å². The highest BCUT2D eigenvalue weighted by Gasteiger charge is 2.66. The van der Waals surface area contributed by atoms with E-state index in [0.29, 0.717) is 6.04 Å². The van der Waals surface area contributed by atoms with E-state index in [9.17, 15) is 0 Å². The summed E-state index contributed by atoms with van der Waals surface area (Å²) in [6.45, 7) is 3.28. The summed E-state index contributed by atoms with van der Waals surface area (Å²) in [5.74, 6) is 2.67. The molecule has 2 bridgehead atoms. The highest BCUT2D eigenvalue weighted by atomic mass is 16.5. The molecule has 1 fully saturated rings. The van der Waals surface area contributed by atoms with Crippen molar-refractivity contribution in [1.29, 1.82) is 0 Å². The van der Waals surface area contributed by atoms with Crippen molar-refractivity contribution in [3.05, 3.63) is 46.7 Å². The lowest BCUT2D eigenvalue weighted by atomic mass is 9.53. The second-order valence-electron chi connectivity index (χ2n) is 7.55. The van der Waals surface area contributed by atoms with E-state index in [0.717, 1.165) is 36.6 Å². The normalized spacial score (nSPS) is 35.6. The third-order valence-electron chi connectivity index (χ3n) is 6.60. The molecule has 3 atom stereocenters. The number of likely N-dealkylation sites (N-methyl/N-ethyl adjacent to an activating group) is 1. The largest absolute Gasteiger partial charge is 0.497 e. The van der Waals surface area contributed by atoms with Gasteiger partial charge in [0.15, 0.2) is 11.5 Å². The average molecular weight is 325 g/mol. The number of piperidine rings is 1. The summed E-state index contributed by atoms with van der Waals surface area (Å²) < 4.78 is 17.9. The van der Waals surface area contributed by atoms with Crippen LogP contribution in [0.5, 0.6) is 11.5 Å². The van der Waals surface area contributed by atoms with Crippen molar-refractivity contribution in [2.24, 2.45) is 0 Å². The van der Waals surface area contributed by atoms with Crippen molar-refractivity contribution in [2.75, 3.05) is 27.8 Å². The molecule has 4 nitrogen and oxygen atoms in total. The number of nitrogens with zero attached hydrogens (tertiary/aromatic N) is 1. The van der Waals surface area contributed by atoms with Crippen LogP contribution in [0.4, 0.5) is 0 Å². The summed E-state index contributed by atoms with van der Waals surface area (Å²) >= 11 is 0. The Morgan fingerprint density at radius 2 is 2.08 bits per heavy atom. The Bertz CT molecular complexity index is 811. The SMILES string of the molecule is COC1=CC2(C)Oc3c(OC)ccc4c3C23CCN(C)C(C4)C3=C1. The van der Waals surface area contributed by atoms with Gasteiger partial charge in [-0.3, -0.25) is 4.90 Å². The third kappa shape index (κ3) is 1.40. The topological polar surface area (TPSA) is 30.9 Å². The predicted octanol–water partition coefficient (Wildman–Crippen LogP) is 2.81. The number of allylic oxidation sites excluding steroid dienone is 1. The molecule has 0 radical (unpaired) electrons. The van der Waals surface area contributed by atoms with Crippen molar-refractivity contribution < 1.29 is 14.2 Å². The molecule has 2 aliphatic heterocycles. The molecule has 0 saturated carbocycles. The van der Waals surface area contributed by atoms with Crippen molar-refractivity contribution in [2.45, 2.75) is 36.8 Å². The summed E-state index contributed by atoms with van der Waals surface area (Å²) in [4.78, 5) is 2.47. The minimum absolute atomic E-state index is 0.0936. The van der Waals surface area contributed by atoms with Crippen LogP contribution in [0.15, 0.2) is 35.6 Å². The fraction of sp³-hybridized carbons (Fsp3) is 0.500. The van der Waals surface area contributed by atoms with Gasteiger partial charge >= 0.3 is 0 Å². The molecule has 2 heterocycles. The van der Waals surface area contributed by atoms with Crippen molar-refractivity contribution >= 4 is 0 Å². The molecule has 126 valence electrons. The van der Waals surface area contributed by atoms with Crippen LogP contribution >= 0.6 is 0 Å². The van der Waals surface area contributed by atoms with E-state index in [1.54, 1.807) is 14.2 Å². The highest BCUT2D eigenvalue weighted by Crippen LogP contribution is 2.65. The first-order valence-electron chi connectivity index (χ1n) is 8.62. The quantitative estimate of drug-likeness (QED) is 0.837. The number of hydrogen-bond acceptors (Lipinski definition) is 4. The molecule has 2 aliphatic carbocycles. The summed E-state index contributed by atoms with van der Waals surface area (Å²) in [6.07, 6.45) is 6.49. The highest BCUT2D eigenvalue weighted by molar-refractivity contribution is 5.69. The van der Waals surface area contributed by atoms with Gasteiger partial charge in [-0.25, -0.2) is 0 Å². The van der Waals surface area contributed by atoms with Crippen LogP contribution in [0.1, 0.15) is 24.5 Å². The van der Waals surface area contributed by atoms with E-state index in [1.807, 2.05) is 0 Å². The van der Waals surface area contributed by atoms with Crippen LogP contribution in [-0.2, 0) is 16.6 Å². The lowest BCUT2D eigenvalue weighted by Crippen LogP contribution is -2.62. The van der Waals surface area contributed by atoms with Gasteiger partial charge in [-0.15, -0.1) is 0 Å². The van der Waals surface area contributed by atoms with Gasteiger partial charge in [-0.2, -0.15) is 0 Å². The molecule has 5 rings (SSSR count). The Kier molecular flexibility index (Phi) is 2.62. The summed E-state index contributed by atoms with van der Waals surface area (Å²) in [5, 5.41) is 0. The van der Waals surface area contributed by atoms with Crippen LogP contribution in [0.25, 0.3) is 0 Å². The molecule has 4 aliphatic rings. The standard InChI is InChI=1S/C20H23NO3/c1-19-11-13(22-3)10-14-15-9-12-5-6-16(23-4)18(24-19)17(12)20(14,19)7-8-21(15)2/h5-6,10-11,15H,7-9H2,1-4H3. The molecule has 3 unspecified atom stereocenters. The Morgan fingerprint density at radius 1 is 1.25 bits per heavy atom. The van der Waals surface area contributed by atoms with Gasteiger partial charge < -0.3 is 14.2 Å². The lowest BCUT2D eigenvalue weighted by molar-refractivity contribution is 0.0446. The van der Waals surface area contributed by atoms with E-state index >= 15 is 0 Å². The molecule has 24 heavy (non-hydrogen) atoms. The predicted molar refractivity (Wildman–Crippen MR) is 91.6 cm³/mol. The summed E-state index contributed by atoms with van der Waals surface area (Å²) in [5.41, 5.74) is 3.68. The van der Waals surface area contributed by atoms with Gasteiger partial charge in [0.25, 0.3) is 0 Å². The average Bonchev–Trinajstić information content (AvgIpc) is 2.84. The number of rotatable bonds is 2. The summed E-state index contributed by atoms with van der Waals surface area (Å²) in [7, 11) is 5.68. The lowest BCUT2D eigenvalue weighted by Gasteiger charge is -2.55. The third-order valence-corrected chi connectivity index (χ3v) is 6.60. The summed E-state index contributed by atoms with van der Waals surface area (Å²) in [6, 6.07) is 4.69. The molecule has 0 amide bonds. The number of ether oxygens (including phenoxy) is 3. The minimum atomic E-state index is -0.423. The fourth-order valence-electron chi connectivity index (χ4n) is 5.45. The molecule has 1 spiro atoms. The van der Waals surface area contributed by atoms with Crippen molar-refractivity contribution in [3.8, 4) is 11.5 Å². The van der Waals surface area contributed by atoms with Crippen molar-refractivity contribution in [3.63, 3.8) is 0 Å².